The summed E-state index contributed by atoms with van der Waals surface area (Å²) in [6.45, 7) is 6.76. The second-order valence-corrected chi connectivity index (χ2v) is 9.81. The van der Waals surface area contributed by atoms with Crippen LogP contribution in [0, 0.1) is 18.3 Å². The van der Waals surface area contributed by atoms with Crippen molar-refractivity contribution >= 4 is 29.2 Å². The van der Waals surface area contributed by atoms with Gasteiger partial charge < -0.3 is 15.8 Å². The highest BCUT2D eigenvalue weighted by Gasteiger charge is 2.35. The van der Waals surface area contributed by atoms with E-state index in [0.29, 0.717) is 28.3 Å². The summed E-state index contributed by atoms with van der Waals surface area (Å²) in [5, 5.41) is 13.0. The fourth-order valence-electron chi connectivity index (χ4n) is 4.08. The van der Waals surface area contributed by atoms with Gasteiger partial charge in [-0.3, -0.25) is 4.79 Å². The van der Waals surface area contributed by atoms with Crippen molar-refractivity contribution in [3.05, 3.63) is 99.6 Å². The Hall–Kier alpha value is -3.82. The van der Waals surface area contributed by atoms with Crippen molar-refractivity contribution in [2.24, 2.45) is 0 Å². The van der Waals surface area contributed by atoms with Crippen LogP contribution in [0.4, 0.5) is 5.69 Å². The number of rotatable bonds is 8. The number of nitrogens with one attached hydrogen (secondary N) is 1. The quantitative estimate of drug-likeness (QED) is 0.309. The predicted octanol–water partition coefficient (Wildman–Crippen LogP) is 5.57. The first-order valence-corrected chi connectivity index (χ1v) is 12.0. The largest absolute Gasteiger partial charge is 0.446 e. The number of nitrogen functional groups attached to an aromatic ring is 1. The topological polar surface area (TPSA) is 105 Å². The third kappa shape index (κ3) is 6.44. The zero-order valence-electron chi connectivity index (χ0n) is 20.8. The van der Waals surface area contributed by atoms with Gasteiger partial charge >= 0.3 is 5.97 Å². The normalized spacial score (nSPS) is 12.8. The highest BCUT2D eigenvalue weighted by atomic mass is 35.5. The molecule has 3 aromatic carbocycles. The summed E-state index contributed by atoms with van der Waals surface area (Å²) in [5.41, 5.74) is 8.24. The number of nitriles is 1. The van der Waals surface area contributed by atoms with Crippen LogP contribution in [0.15, 0.2) is 66.7 Å². The van der Waals surface area contributed by atoms with E-state index in [2.05, 4.69) is 11.4 Å². The van der Waals surface area contributed by atoms with Crippen LogP contribution in [0.25, 0.3) is 0 Å². The van der Waals surface area contributed by atoms with Crippen LogP contribution in [0.3, 0.4) is 0 Å². The third-order valence-electron chi connectivity index (χ3n) is 6.18. The second-order valence-electron chi connectivity index (χ2n) is 9.38. The molecular formula is C29H30ClN3O3. The molecular weight excluding hydrogens is 474 g/mol. The highest BCUT2D eigenvalue weighted by molar-refractivity contribution is 6.30. The molecule has 3 aromatic rings. The minimum Gasteiger partial charge on any atom is -0.446 e. The number of amides is 1. The Labute approximate surface area is 217 Å². The van der Waals surface area contributed by atoms with Crippen LogP contribution in [0.2, 0.25) is 5.02 Å². The van der Waals surface area contributed by atoms with Crippen molar-refractivity contribution in [3.63, 3.8) is 0 Å². The first-order valence-electron chi connectivity index (χ1n) is 11.7. The van der Waals surface area contributed by atoms with E-state index in [-0.39, 0.29) is 17.5 Å². The van der Waals surface area contributed by atoms with Gasteiger partial charge in [-0.05, 0) is 81.1 Å². The molecule has 186 valence electrons. The number of nitrogens with zero attached hydrogens (tertiary/aromatic N) is 1. The molecule has 3 rings (SSSR count). The van der Waals surface area contributed by atoms with Crippen molar-refractivity contribution in [3.8, 4) is 6.07 Å². The highest BCUT2D eigenvalue weighted by Crippen LogP contribution is 2.27. The van der Waals surface area contributed by atoms with Crippen LogP contribution in [0.5, 0.6) is 0 Å². The molecule has 0 aliphatic rings. The van der Waals surface area contributed by atoms with Gasteiger partial charge in [-0.2, -0.15) is 5.26 Å². The number of hydrogen-bond acceptors (Lipinski definition) is 5. The summed E-state index contributed by atoms with van der Waals surface area (Å²) in [7, 11) is 0. The van der Waals surface area contributed by atoms with Crippen LogP contribution >= 0.6 is 11.6 Å². The molecule has 0 saturated heterocycles. The molecule has 1 amide bonds. The lowest BCUT2D eigenvalue weighted by Crippen LogP contribution is -2.50. The number of nitrogens with two attached hydrogens (primary N) is 1. The van der Waals surface area contributed by atoms with Crippen LogP contribution in [0.1, 0.15) is 59.3 Å². The summed E-state index contributed by atoms with van der Waals surface area (Å²) in [4.78, 5) is 26.1. The molecule has 36 heavy (non-hydrogen) atoms. The Morgan fingerprint density at radius 3 is 2.42 bits per heavy atom. The Morgan fingerprint density at radius 1 is 1.11 bits per heavy atom. The molecule has 0 bridgehead atoms. The molecule has 0 saturated carbocycles. The maximum Gasteiger partial charge on any atom is 0.341 e. The van der Waals surface area contributed by atoms with E-state index >= 15 is 0 Å². The van der Waals surface area contributed by atoms with Gasteiger partial charge in [-0.15, -0.1) is 0 Å². The molecule has 7 heteroatoms. The van der Waals surface area contributed by atoms with Gasteiger partial charge in [0.05, 0.1) is 17.2 Å². The Kier molecular flexibility index (Phi) is 8.39. The number of esters is 1. The fraction of sp³-hybridized carbons (Fsp3) is 0.276. The van der Waals surface area contributed by atoms with E-state index in [1.807, 2.05) is 49.4 Å². The van der Waals surface area contributed by atoms with E-state index in [0.717, 1.165) is 11.1 Å². The smallest absolute Gasteiger partial charge is 0.341 e. The lowest BCUT2D eigenvalue weighted by molar-refractivity contribution is -0.138. The van der Waals surface area contributed by atoms with Crippen molar-refractivity contribution < 1.29 is 14.3 Å². The van der Waals surface area contributed by atoms with Gasteiger partial charge in [0.1, 0.15) is 0 Å². The number of hydrogen-bond donors (Lipinski definition) is 2. The third-order valence-corrected chi connectivity index (χ3v) is 6.43. The molecule has 0 fully saturated rings. The number of ether oxygens (including phenoxy) is 1. The maximum atomic E-state index is 13.3. The average molecular weight is 504 g/mol. The molecule has 0 aliphatic heterocycles. The van der Waals surface area contributed by atoms with E-state index in [1.54, 1.807) is 45.0 Å². The van der Waals surface area contributed by atoms with E-state index in [1.165, 1.54) is 0 Å². The Morgan fingerprint density at radius 2 is 1.78 bits per heavy atom. The average Bonchev–Trinajstić information content (AvgIpc) is 2.83. The molecule has 0 heterocycles. The Balaban J connectivity index is 1.82. The predicted molar refractivity (Wildman–Crippen MR) is 142 cm³/mol. The van der Waals surface area contributed by atoms with Crippen LogP contribution in [-0.4, -0.2) is 23.5 Å². The SMILES string of the molecule is Cc1cccc(N)c1C(=O)OC(C)(C)C(=O)NC(C)C(Cc1ccc(Cl)cc1)c1cccc(C#N)c1. The fourth-order valence-corrected chi connectivity index (χ4v) is 4.20. The standard InChI is InChI=1S/C29H30ClN3O3/c1-18-7-5-10-25(32)26(18)27(34)36-29(3,4)28(35)33-19(2)24(16-20-11-13-23(30)14-12-20)22-9-6-8-21(15-22)17-31/h5-15,19,24H,16,32H2,1-4H3,(H,33,35). The summed E-state index contributed by atoms with van der Waals surface area (Å²) in [6, 6.07) is 21.8. The summed E-state index contributed by atoms with van der Waals surface area (Å²) in [5.74, 6) is -1.24. The van der Waals surface area contributed by atoms with Gasteiger partial charge in [0.2, 0.25) is 0 Å². The first kappa shape index (κ1) is 26.8. The van der Waals surface area contributed by atoms with Crippen molar-refractivity contribution in [1.29, 1.82) is 5.26 Å². The lowest BCUT2D eigenvalue weighted by atomic mass is 9.85. The molecule has 0 spiro atoms. The second kappa shape index (κ2) is 11.3. The van der Waals surface area contributed by atoms with Gasteiger partial charge in [-0.1, -0.05) is 48.0 Å². The van der Waals surface area contributed by atoms with Crippen LogP contribution < -0.4 is 11.1 Å². The molecule has 2 unspecified atom stereocenters. The molecule has 6 nitrogen and oxygen atoms in total. The molecule has 0 aromatic heterocycles. The van der Waals surface area contributed by atoms with Gasteiger partial charge in [-0.25, -0.2) is 4.79 Å². The molecule has 3 N–H and O–H groups in total. The zero-order valence-corrected chi connectivity index (χ0v) is 21.6. The zero-order chi connectivity index (χ0) is 26.5. The first-order chi connectivity index (χ1) is 17.0. The molecule has 0 aliphatic carbocycles. The van der Waals surface area contributed by atoms with E-state index in [9.17, 15) is 14.9 Å². The molecule has 0 radical (unpaired) electrons. The monoisotopic (exact) mass is 503 g/mol. The summed E-state index contributed by atoms with van der Waals surface area (Å²) in [6.07, 6.45) is 0.605. The number of carbonyl (C=O) groups is 2. The number of carbonyl (C=O) groups excluding carboxylic acids is 2. The Bertz CT molecular complexity index is 1280. The van der Waals surface area contributed by atoms with Crippen molar-refractivity contribution in [2.45, 2.75) is 51.7 Å². The summed E-state index contributed by atoms with van der Waals surface area (Å²) >= 11 is 6.05. The lowest BCUT2D eigenvalue weighted by Gasteiger charge is -2.30. The van der Waals surface area contributed by atoms with Crippen molar-refractivity contribution in [2.75, 3.05) is 5.73 Å². The minimum atomic E-state index is -1.45. The van der Waals surface area contributed by atoms with Gasteiger partial charge in [0, 0.05) is 22.7 Å². The van der Waals surface area contributed by atoms with E-state index in [4.69, 9.17) is 22.1 Å². The van der Waals surface area contributed by atoms with E-state index < -0.39 is 17.5 Å². The van der Waals surface area contributed by atoms with Gasteiger partial charge in [0.15, 0.2) is 5.60 Å². The molecule has 2 atom stereocenters. The number of anilines is 1. The number of benzene rings is 3. The van der Waals surface area contributed by atoms with Crippen molar-refractivity contribution in [1.82, 2.24) is 5.32 Å². The summed E-state index contributed by atoms with van der Waals surface area (Å²) < 4.78 is 5.61. The number of halogens is 1. The minimum absolute atomic E-state index is 0.151. The van der Waals surface area contributed by atoms with Crippen LogP contribution in [-0.2, 0) is 16.0 Å². The van der Waals surface area contributed by atoms with Gasteiger partial charge in [0.25, 0.3) is 5.91 Å². The number of aryl methyl sites for hydroxylation is 1. The maximum absolute atomic E-state index is 13.3.